The molecule has 154 valence electrons. The van der Waals surface area contributed by atoms with Crippen molar-refractivity contribution in [1.82, 2.24) is 20.1 Å². The molecule has 0 amide bonds. The Bertz CT molecular complexity index is 1210. The van der Waals surface area contributed by atoms with E-state index < -0.39 is 0 Å². The van der Waals surface area contributed by atoms with E-state index in [4.69, 9.17) is 5.10 Å². The minimum atomic E-state index is 0.0538. The van der Waals surface area contributed by atoms with Crippen molar-refractivity contribution in [1.29, 1.82) is 0 Å². The van der Waals surface area contributed by atoms with E-state index in [1.807, 2.05) is 10.8 Å². The van der Waals surface area contributed by atoms with Crippen LogP contribution in [0.1, 0.15) is 54.6 Å². The van der Waals surface area contributed by atoms with Crippen molar-refractivity contribution >= 4 is 16.6 Å². The molecule has 0 saturated carbocycles. The third kappa shape index (κ3) is 3.43. The lowest BCUT2D eigenvalue weighted by Crippen LogP contribution is -2.21. The highest BCUT2D eigenvalue weighted by Gasteiger charge is 2.24. The number of H-pyrrole nitrogens is 1. The standard InChI is InChI=1S/C25H28N4O/c1-16(2)26-14-17-10-12-18(13-11-17)15-29-24-22(23(28-29)19-6-5-7-19)20-8-3-4-9-21(20)25(30)27-24/h5-7,10-13,16,26H,3-4,8-9,14-15H2,1-2H3,(H,27,30). The number of allylic oxidation sites excluding steroid dienone is 4. The predicted molar refractivity (Wildman–Crippen MR) is 122 cm³/mol. The van der Waals surface area contributed by atoms with Gasteiger partial charge in [0.15, 0.2) is 0 Å². The average molecular weight is 401 g/mol. The first kappa shape index (κ1) is 19.1. The molecule has 2 N–H and O–H groups in total. The van der Waals surface area contributed by atoms with Crippen molar-refractivity contribution in [2.24, 2.45) is 0 Å². The summed E-state index contributed by atoms with van der Waals surface area (Å²) in [6.07, 6.45) is 10.3. The molecule has 2 aliphatic rings. The molecule has 5 heteroatoms. The van der Waals surface area contributed by atoms with Crippen molar-refractivity contribution in [3.05, 3.63) is 80.8 Å². The molecule has 5 nitrogen and oxygen atoms in total. The molecule has 0 spiro atoms. The van der Waals surface area contributed by atoms with Gasteiger partial charge in [-0.05, 0) is 42.4 Å². The third-order valence-electron chi connectivity index (χ3n) is 6.12. The predicted octanol–water partition coefficient (Wildman–Crippen LogP) is 4.10. The maximum atomic E-state index is 12.8. The maximum absolute atomic E-state index is 12.8. The lowest BCUT2D eigenvalue weighted by atomic mass is 9.89. The molecular weight excluding hydrogens is 372 g/mol. The second kappa shape index (κ2) is 7.73. The largest absolute Gasteiger partial charge is 0.310 e. The number of rotatable bonds is 6. The topological polar surface area (TPSA) is 62.7 Å². The van der Waals surface area contributed by atoms with Gasteiger partial charge in [-0.15, -0.1) is 0 Å². The van der Waals surface area contributed by atoms with Crippen LogP contribution in [-0.4, -0.2) is 20.8 Å². The van der Waals surface area contributed by atoms with Crippen LogP contribution in [-0.2, 0) is 25.9 Å². The van der Waals surface area contributed by atoms with E-state index >= 15 is 0 Å². The molecular formula is C25H28N4O. The van der Waals surface area contributed by atoms with Crippen LogP contribution in [0, 0.1) is 0 Å². The van der Waals surface area contributed by atoms with Crippen LogP contribution in [0.25, 0.3) is 16.6 Å². The summed E-state index contributed by atoms with van der Waals surface area (Å²) in [6.45, 7) is 5.81. The summed E-state index contributed by atoms with van der Waals surface area (Å²) in [4.78, 5) is 15.9. The number of fused-ring (bicyclic) bond motifs is 3. The van der Waals surface area contributed by atoms with Crippen LogP contribution in [0.2, 0.25) is 0 Å². The second-order valence-electron chi connectivity index (χ2n) is 8.68. The van der Waals surface area contributed by atoms with Crippen molar-refractivity contribution in [2.75, 3.05) is 0 Å². The fourth-order valence-electron chi connectivity index (χ4n) is 4.41. The summed E-state index contributed by atoms with van der Waals surface area (Å²) in [7, 11) is 0. The Morgan fingerprint density at radius 1 is 1.10 bits per heavy atom. The fraction of sp³-hybridized carbons (Fsp3) is 0.360. The number of aromatic amines is 1. The molecule has 2 aromatic heterocycles. The first-order chi connectivity index (χ1) is 14.6. The lowest BCUT2D eigenvalue weighted by Gasteiger charge is -2.16. The molecule has 0 bridgehead atoms. The molecule has 3 aromatic rings. The fourth-order valence-corrected chi connectivity index (χ4v) is 4.41. The third-order valence-corrected chi connectivity index (χ3v) is 6.12. The van der Waals surface area contributed by atoms with Crippen molar-refractivity contribution in [2.45, 2.75) is 58.7 Å². The van der Waals surface area contributed by atoms with E-state index in [9.17, 15) is 4.79 Å². The van der Waals surface area contributed by atoms with Gasteiger partial charge in [0, 0.05) is 29.1 Å². The van der Waals surface area contributed by atoms with E-state index in [-0.39, 0.29) is 5.56 Å². The number of pyridine rings is 1. The summed E-state index contributed by atoms with van der Waals surface area (Å²) >= 11 is 0. The van der Waals surface area contributed by atoms with Crippen LogP contribution in [0.15, 0.2) is 47.3 Å². The summed E-state index contributed by atoms with van der Waals surface area (Å²) in [6, 6.07) is 9.11. The van der Waals surface area contributed by atoms with Crippen LogP contribution in [0.5, 0.6) is 0 Å². The molecule has 5 rings (SSSR count). The number of nitrogens with zero attached hydrogens (tertiary/aromatic N) is 2. The van der Waals surface area contributed by atoms with Crippen molar-refractivity contribution in [3.63, 3.8) is 0 Å². The van der Waals surface area contributed by atoms with E-state index in [1.54, 1.807) is 0 Å². The van der Waals surface area contributed by atoms with Gasteiger partial charge in [0.2, 0.25) is 0 Å². The van der Waals surface area contributed by atoms with Gasteiger partial charge in [-0.1, -0.05) is 56.3 Å². The zero-order chi connectivity index (χ0) is 20.7. The Morgan fingerprint density at radius 2 is 1.80 bits per heavy atom. The highest BCUT2D eigenvalue weighted by atomic mass is 16.1. The molecule has 30 heavy (non-hydrogen) atoms. The van der Waals surface area contributed by atoms with Gasteiger partial charge in [0.25, 0.3) is 5.56 Å². The van der Waals surface area contributed by atoms with Crippen molar-refractivity contribution in [3.8, 4) is 0 Å². The summed E-state index contributed by atoms with van der Waals surface area (Å²) in [5.41, 5.74) is 7.66. The highest BCUT2D eigenvalue weighted by molar-refractivity contribution is 5.96. The first-order valence-corrected chi connectivity index (χ1v) is 10.9. The molecule has 0 radical (unpaired) electrons. The molecule has 0 atom stereocenters. The van der Waals surface area contributed by atoms with E-state index in [1.165, 1.54) is 16.7 Å². The van der Waals surface area contributed by atoms with Gasteiger partial charge in [-0.2, -0.15) is 5.10 Å². The zero-order valence-corrected chi connectivity index (χ0v) is 17.7. The SMILES string of the molecule is CC(C)NCc1ccc(Cn2nc(C3=CC=C3)c3c4c(c(=O)[nH]c32)CCCC4)cc1. The summed E-state index contributed by atoms with van der Waals surface area (Å²) in [5.74, 6) is 0. The second-order valence-corrected chi connectivity index (χ2v) is 8.68. The maximum Gasteiger partial charge on any atom is 0.253 e. The molecule has 0 unspecified atom stereocenters. The molecule has 0 aliphatic heterocycles. The van der Waals surface area contributed by atoms with Crippen LogP contribution in [0.4, 0.5) is 0 Å². The summed E-state index contributed by atoms with van der Waals surface area (Å²) < 4.78 is 1.97. The monoisotopic (exact) mass is 400 g/mol. The molecule has 0 saturated heterocycles. The smallest absolute Gasteiger partial charge is 0.253 e. The van der Waals surface area contributed by atoms with E-state index in [0.717, 1.165) is 60.1 Å². The Kier molecular flexibility index (Phi) is 4.91. The summed E-state index contributed by atoms with van der Waals surface area (Å²) in [5, 5.41) is 9.54. The zero-order valence-electron chi connectivity index (χ0n) is 17.7. The van der Waals surface area contributed by atoms with Gasteiger partial charge in [-0.3, -0.25) is 4.79 Å². The number of hydrogen-bond acceptors (Lipinski definition) is 3. The van der Waals surface area contributed by atoms with E-state index in [2.05, 4.69) is 60.6 Å². The Balaban J connectivity index is 1.53. The Labute approximate surface area is 176 Å². The van der Waals surface area contributed by atoms with Gasteiger partial charge in [0.05, 0.1) is 6.54 Å². The lowest BCUT2D eigenvalue weighted by molar-refractivity contribution is 0.588. The van der Waals surface area contributed by atoms with Gasteiger partial charge < -0.3 is 10.3 Å². The molecule has 2 aliphatic carbocycles. The minimum absolute atomic E-state index is 0.0538. The number of aromatic nitrogens is 3. The molecule has 0 fully saturated rings. The van der Waals surface area contributed by atoms with Gasteiger partial charge in [-0.25, -0.2) is 4.68 Å². The number of aryl methyl sites for hydroxylation is 1. The number of benzene rings is 1. The van der Waals surface area contributed by atoms with Crippen LogP contribution >= 0.6 is 0 Å². The molecule has 2 heterocycles. The molecule has 1 aromatic carbocycles. The quantitative estimate of drug-likeness (QED) is 0.655. The van der Waals surface area contributed by atoms with Crippen LogP contribution < -0.4 is 10.9 Å². The number of nitrogens with one attached hydrogen (secondary N) is 2. The first-order valence-electron chi connectivity index (χ1n) is 10.9. The normalized spacial score (nSPS) is 15.4. The minimum Gasteiger partial charge on any atom is -0.310 e. The Morgan fingerprint density at radius 3 is 2.47 bits per heavy atom. The average Bonchev–Trinajstić information content (AvgIpc) is 3.04. The Hall–Kier alpha value is -2.92. The van der Waals surface area contributed by atoms with Gasteiger partial charge in [0.1, 0.15) is 11.3 Å². The number of hydrogen-bond donors (Lipinski definition) is 2. The van der Waals surface area contributed by atoms with Gasteiger partial charge >= 0.3 is 0 Å². The highest BCUT2D eigenvalue weighted by Crippen LogP contribution is 2.33. The van der Waals surface area contributed by atoms with Crippen LogP contribution in [0.3, 0.4) is 0 Å². The van der Waals surface area contributed by atoms with E-state index in [0.29, 0.717) is 12.6 Å². The van der Waals surface area contributed by atoms with Crippen molar-refractivity contribution < 1.29 is 0 Å².